The van der Waals surface area contributed by atoms with Crippen LogP contribution in [0.25, 0.3) is 0 Å². The van der Waals surface area contributed by atoms with Crippen molar-refractivity contribution in [3.63, 3.8) is 0 Å². The van der Waals surface area contributed by atoms with E-state index in [0.29, 0.717) is 11.3 Å². The van der Waals surface area contributed by atoms with Crippen LogP contribution in [0, 0.1) is 11.6 Å². The number of amides is 4. The molecular weight excluding hydrogens is 358 g/mol. The van der Waals surface area contributed by atoms with Crippen LogP contribution in [0.4, 0.5) is 25.0 Å². The zero-order valence-corrected chi connectivity index (χ0v) is 14.1. The molecule has 1 aliphatic heterocycles. The molecule has 3 rings (SSSR count). The van der Waals surface area contributed by atoms with Gasteiger partial charge >= 0.3 is 6.03 Å². The van der Waals surface area contributed by atoms with E-state index in [1.54, 1.807) is 0 Å². The fourth-order valence-electron chi connectivity index (χ4n) is 2.71. The zero-order chi connectivity index (χ0) is 19.6. The maximum atomic E-state index is 13.4. The Morgan fingerprint density at radius 1 is 1.04 bits per heavy atom. The number of urea groups is 1. The number of hydrogen-bond acceptors (Lipinski definition) is 3. The topological polar surface area (TPSA) is 95.7 Å². The van der Waals surface area contributed by atoms with Crippen molar-refractivity contribution >= 4 is 29.2 Å². The van der Waals surface area contributed by atoms with Gasteiger partial charge < -0.3 is 16.0 Å². The number of carbonyl (C=O) groups excluding carboxylic acids is 3. The largest absolute Gasteiger partial charge is 0.366 e. The fourth-order valence-corrected chi connectivity index (χ4v) is 2.71. The summed E-state index contributed by atoms with van der Waals surface area (Å²) in [6.45, 7) is 0.326. The third-order valence-electron chi connectivity index (χ3n) is 4.10. The van der Waals surface area contributed by atoms with Gasteiger partial charge in [-0.1, -0.05) is 0 Å². The summed E-state index contributed by atoms with van der Waals surface area (Å²) in [4.78, 5) is 38.2. The van der Waals surface area contributed by atoms with Gasteiger partial charge in [-0.3, -0.25) is 14.5 Å². The number of anilines is 2. The van der Waals surface area contributed by atoms with Crippen LogP contribution in [0.2, 0.25) is 0 Å². The number of hydrogen-bond donors (Lipinski definition) is 2. The lowest BCUT2D eigenvalue weighted by molar-refractivity contribution is -0.116. The van der Waals surface area contributed by atoms with E-state index in [1.807, 2.05) is 0 Å². The number of carbonyl (C=O) groups is 3. The van der Waals surface area contributed by atoms with Gasteiger partial charge in [0.05, 0.1) is 0 Å². The number of primary amides is 1. The molecule has 7 nitrogen and oxygen atoms in total. The molecule has 0 spiro atoms. The van der Waals surface area contributed by atoms with Crippen LogP contribution < -0.4 is 16.0 Å². The first kappa shape index (κ1) is 18.3. The monoisotopic (exact) mass is 374 g/mol. The van der Waals surface area contributed by atoms with Crippen molar-refractivity contribution in [3.05, 3.63) is 59.7 Å². The molecule has 0 aromatic heterocycles. The number of rotatable bonds is 5. The van der Waals surface area contributed by atoms with Crippen LogP contribution in [0.15, 0.2) is 42.5 Å². The van der Waals surface area contributed by atoms with Gasteiger partial charge in [-0.05, 0) is 36.4 Å². The molecule has 3 N–H and O–H groups in total. The van der Waals surface area contributed by atoms with Crippen LogP contribution in [-0.4, -0.2) is 42.4 Å². The van der Waals surface area contributed by atoms with Crippen molar-refractivity contribution in [1.82, 2.24) is 4.90 Å². The van der Waals surface area contributed by atoms with Crippen LogP contribution in [0.5, 0.6) is 0 Å². The molecule has 4 amide bonds. The van der Waals surface area contributed by atoms with Crippen LogP contribution in [0.1, 0.15) is 10.4 Å². The van der Waals surface area contributed by atoms with Gasteiger partial charge in [0.25, 0.3) is 0 Å². The molecule has 0 aliphatic carbocycles. The minimum absolute atomic E-state index is 0.198. The summed E-state index contributed by atoms with van der Waals surface area (Å²) in [7, 11) is 0. The van der Waals surface area contributed by atoms with Crippen molar-refractivity contribution in [3.8, 4) is 0 Å². The SMILES string of the molecule is NC(=O)c1ccc(NC(=O)CN2CCN(c3ccc(F)c(F)c3)C2=O)cc1. The molecule has 1 saturated heterocycles. The van der Waals surface area contributed by atoms with E-state index < -0.39 is 29.5 Å². The first-order valence-electron chi connectivity index (χ1n) is 8.06. The van der Waals surface area contributed by atoms with Crippen LogP contribution >= 0.6 is 0 Å². The first-order chi connectivity index (χ1) is 12.8. The zero-order valence-electron chi connectivity index (χ0n) is 14.1. The molecule has 1 heterocycles. The van der Waals surface area contributed by atoms with Gasteiger partial charge in [-0.2, -0.15) is 0 Å². The molecule has 2 aromatic carbocycles. The highest BCUT2D eigenvalue weighted by Crippen LogP contribution is 2.22. The van der Waals surface area contributed by atoms with Gasteiger partial charge in [-0.25, -0.2) is 13.6 Å². The van der Waals surface area contributed by atoms with E-state index in [-0.39, 0.29) is 25.3 Å². The van der Waals surface area contributed by atoms with Gasteiger partial charge in [0.1, 0.15) is 6.54 Å². The molecule has 9 heteroatoms. The summed E-state index contributed by atoms with van der Waals surface area (Å²) in [5, 5.41) is 2.61. The van der Waals surface area contributed by atoms with E-state index in [0.717, 1.165) is 12.1 Å². The molecule has 1 aliphatic rings. The van der Waals surface area contributed by atoms with Crippen LogP contribution in [-0.2, 0) is 4.79 Å². The highest BCUT2D eigenvalue weighted by atomic mass is 19.2. The summed E-state index contributed by atoms with van der Waals surface area (Å²) < 4.78 is 26.4. The summed E-state index contributed by atoms with van der Waals surface area (Å²) in [5.74, 6) is -3.05. The summed E-state index contributed by atoms with van der Waals surface area (Å²) >= 11 is 0. The average Bonchev–Trinajstić information content (AvgIpc) is 2.98. The minimum Gasteiger partial charge on any atom is -0.366 e. The molecular formula is C18H16F2N4O3. The highest BCUT2D eigenvalue weighted by molar-refractivity contribution is 5.99. The lowest BCUT2D eigenvalue weighted by Crippen LogP contribution is -2.37. The average molecular weight is 374 g/mol. The van der Waals surface area contributed by atoms with Crippen LogP contribution in [0.3, 0.4) is 0 Å². The normalized spacial score (nSPS) is 13.8. The van der Waals surface area contributed by atoms with Gasteiger partial charge in [0.15, 0.2) is 11.6 Å². The first-order valence-corrected chi connectivity index (χ1v) is 8.06. The lowest BCUT2D eigenvalue weighted by Gasteiger charge is -2.18. The standard InChI is InChI=1S/C18H16F2N4O3/c19-14-6-5-13(9-15(14)20)24-8-7-23(18(24)27)10-16(25)22-12-3-1-11(2-4-12)17(21)26/h1-6,9H,7-8,10H2,(H2,21,26)(H,22,25). The van der Waals surface area contributed by atoms with Gasteiger partial charge in [0.2, 0.25) is 11.8 Å². The lowest BCUT2D eigenvalue weighted by atomic mass is 10.2. The number of benzene rings is 2. The smallest absolute Gasteiger partial charge is 0.325 e. The molecule has 0 atom stereocenters. The van der Waals surface area contributed by atoms with E-state index >= 15 is 0 Å². The highest BCUT2D eigenvalue weighted by Gasteiger charge is 2.31. The van der Waals surface area contributed by atoms with Gasteiger partial charge in [-0.15, -0.1) is 0 Å². The second-order valence-electron chi connectivity index (χ2n) is 5.94. The Hall–Kier alpha value is -3.49. The van der Waals surface area contributed by atoms with Crippen molar-refractivity contribution in [2.45, 2.75) is 0 Å². The maximum Gasteiger partial charge on any atom is 0.325 e. The van der Waals surface area contributed by atoms with Crippen molar-refractivity contribution in [2.75, 3.05) is 29.9 Å². The molecule has 0 bridgehead atoms. The second kappa shape index (κ2) is 7.40. The fraction of sp³-hybridized carbons (Fsp3) is 0.167. The van der Waals surface area contributed by atoms with Crippen molar-refractivity contribution < 1.29 is 23.2 Å². The number of nitrogens with two attached hydrogens (primary N) is 1. The summed E-state index contributed by atoms with van der Waals surface area (Å²) in [5.41, 5.74) is 6.14. The van der Waals surface area contributed by atoms with Crippen molar-refractivity contribution in [1.29, 1.82) is 0 Å². The maximum absolute atomic E-state index is 13.4. The predicted octanol–water partition coefficient (Wildman–Crippen LogP) is 1.94. The molecule has 27 heavy (non-hydrogen) atoms. The molecule has 0 saturated carbocycles. The minimum atomic E-state index is -1.05. The number of nitrogens with one attached hydrogen (secondary N) is 1. The Morgan fingerprint density at radius 2 is 1.74 bits per heavy atom. The Bertz CT molecular complexity index is 902. The molecule has 140 valence electrons. The van der Waals surface area contributed by atoms with E-state index in [1.165, 1.54) is 40.1 Å². The Morgan fingerprint density at radius 3 is 2.37 bits per heavy atom. The third-order valence-corrected chi connectivity index (χ3v) is 4.10. The van der Waals surface area contributed by atoms with E-state index in [4.69, 9.17) is 5.73 Å². The third kappa shape index (κ3) is 4.02. The van der Waals surface area contributed by atoms with E-state index in [2.05, 4.69) is 5.32 Å². The second-order valence-corrected chi connectivity index (χ2v) is 5.94. The number of halogens is 2. The Balaban J connectivity index is 1.60. The quantitative estimate of drug-likeness (QED) is 0.837. The Kier molecular flexibility index (Phi) is 5.02. The van der Waals surface area contributed by atoms with E-state index in [9.17, 15) is 23.2 Å². The molecule has 2 aromatic rings. The molecule has 1 fully saturated rings. The summed E-state index contributed by atoms with van der Waals surface area (Å²) in [6, 6.07) is 8.73. The summed E-state index contributed by atoms with van der Waals surface area (Å²) in [6.07, 6.45) is 0. The van der Waals surface area contributed by atoms with Gasteiger partial charge in [0, 0.05) is 36.1 Å². The Labute approximate surface area is 153 Å². The molecule has 0 radical (unpaired) electrons. The van der Waals surface area contributed by atoms with Crippen molar-refractivity contribution in [2.24, 2.45) is 5.73 Å². The molecule has 0 unspecified atom stereocenters. The predicted molar refractivity (Wildman–Crippen MR) is 94.3 cm³/mol. The number of nitrogens with zero attached hydrogens (tertiary/aromatic N) is 2.